The van der Waals surface area contributed by atoms with E-state index in [1.165, 1.54) is 36.9 Å². The first-order chi connectivity index (χ1) is 7.83. The molecule has 3 heteroatoms. The number of para-hydroxylation sites is 1. The Kier molecular flexibility index (Phi) is 4.54. The molecule has 1 aliphatic heterocycles. The van der Waals surface area contributed by atoms with Crippen LogP contribution in [0.3, 0.4) is 0 Å². The summed E-state index contributed by atoms with van der Waals surface area (Å²) in [5, 5.41) is 1.76. The molecule has 0 bridgehead atoms. The van der Waals surface area contributed by atoms with Crippen LogP contribution in [0.25, 0.3) is 0 Å². The zero-order valence-electron chi connectivity index (χ0n) is 9.38. The van der Waals surface area contributed by atoms with E-state index in [1.54, 1.807) is 0 Å². The maximum atomic E-state index is 6.33. The first-order valence-corrected chi connectivity index (χ1v) is 7.41. The Bertz CT molecular complexity index is 346. The number of benzene rings is 1. The molecule has 0 radical (unpaired) electrons. The fourth-order valence-corrected chi connectivity index (χ4v) is 3.08. The third-order valence-corrected chi connectivity index (χ3v) is 4.05. The number of hydrogen-bond donors (Lipinski definition) is 0. The fourth-order valence-electron chi connectivity index (χ4n) is 2.32. The second kappa shape index (κ2) is 5.92. The first kappa shape index (κ1) is 12.3. The first-order valence-electron chi connectivity index (χ1n) is 5.91. The maximum absolute atomic E-state index is 6.33. The van der Waals surface area contributed by atoms with Crippen LogP contribution in [-0.2, 0) is 5.33 Å². The van der Waals surface area contributed by atoms with E-state index in [-0.39, 0.29) is 0 Å². The molecule has 0 aromatic heterocycles. The largest absolute Gasteiger partial charge is 0.370 e. The minimum absolute atomic E-state index is 0.874. The minimum atomic E-state index is 0.874. The predicted molar refractivity (Wildman–Crippen MR) is 74.8 cm³/mol. The van der Waals surface area contributed by atoms with Gasteiger partial charge in [-0.1, -0.05) is 52.5 Å². The van der Waals surface area contributed by atoms with Crippen LogP contribution in [0.15, 0.2) is 18.2 Å². The molecule has 1 aromatic carbocycles. The number of rotatable bonds is 2. The van der Waals surface area contributed by atoms with Crippen LogP contribution in [0.4, 0.5) is 5.69 Å². The van der Waals surface area contributed by atoms with Crippen molar-refractivity contribution in [3.63, 3.8) is 0 Å². The molecule has 0 atom stereocenters. The molecule has 1 heterocycles. The molecule has 88 valence electrons. The van der Waals surface area contributed by atoms with Crippen LogP contribution in [0.2, 0.25) is 5.02 Å². The summed E-state index contributed by atoms with van der Waals surface area (Å²) in [5.41, 5.74) is 2.54. The highest BCUT2D eigenvalue weighted by atomic mass is 79.9. The van der Waals surface area contributed by atoms with Crippen LogP contribution in [0.5, 0.6) is 0 Å². The monoisotopic (exact) mass is 301 g/mol. The van der Waals surface area contributed by atoms with Gasteiger partial charge >= 0.3 is 0 Å². The molecule has 16 heavy (non-hydrogen) atoms. The molecular formula is C13H17BrClN. The SMILES string of the molecule is Clc1cccc(CBr)c1N1CCCCCC1. The third kappa shape index (κ3) is 2.72. The Labute approximate surface area is 111 Å². The topological polar surface area (TPSA) is 3.24 Å². The van der Waals surface area contributed by atoms with Gasteiger partial charge < -0.3 is 4.90 Å². The van der Waals surface area contributed by atoms with E-state index < -0.39 is 0 Å². The Hall–Kier alpha value is -0.210. The van der Waals surface area contributed by atoms with E-state index in [0.717, 1.165) is 23.4 Å². The molecule has 1 aromatic rings. The summed E-state index contributed by atoms with van der Waals surface area (Å²) < 4.78 is 0. The van der Waals surface area contributed by atoms with Gasteiger partial charge in [0.05, 0.1) is 10.7 Å². The van der Waals surface area contributed by atoms with E-state index in [1.807, 2.05) is 12.1 Å². The van der Waals surface area contributed by atoms with Gasteiger partial charge in [-0.25, -0.2) is 0 Å². The average molecular weight is 303 g/mol. The van der Waals surface area contributed by atoms with Crippen molar-refractivity contribution in [2.24, 2.45) is 0 Å². The highest BCUT2D eigenvalue weighted by Gasteiger charge is 2.15. The van der Waals surface area contributed by atoms with E-state index in [4.69, 9.17) is 11.6 Å². The van der Waals surface area contributed by atoms with Crippen molar-refractivity contribution >= 4 is 33.2 Å². The van der Waals surface area contributed by atoms with E-state index >= 15 is 0 Å². The van der Waals surface area contributed by atoms with Gasteiger partial charge in [-0.3, -0.25) is 0 Å². The molecule has 1 fully saturated rings. The molecule has 0 unspecified atom stereocenters. The molecule has 0 N–H and O–H groups in total. The maximum Gasteiger partial charge on any atom is 0.0642 e. The highest BCUT2D eigenvalue weighted by molar-refractivity contribution is 9.08. The lowest BCUT2D eigenvalue weighted by Crippen LogP contribution is -2.25. The molecule has 1 nitrogen and oxygen atoms in total. The number of alkyl halides is 1. The summed E-state index contributed by atoms with van der Waals surface area (Å²) >= 11 is 9.88. The van der Waals surface area contributed by atoms with Gasteiger partial charge in [-0.15, -0.1) is 0 Å². The van der Waals surface area contributed by atoms with Gasteiger partial charge in [0.2, 0.25) is 0 Å². The molecule has 1 saturated heterocycles. The Morgan fingerprint density at radius 1 is 1.12 bits per heavy atom. The summed E-state index contributed by atoms with van der Waals surface area (Å²) in [6, 6.07) is 6.18. The Morgan fingerprint density at radius 2 is 1.81 bits per heavy atom. The van der Waals surface area contributed by atoms with E-state index in [2.05, 4.69) is 26.9 Å². The smallest absolute Gasteiger partial charge is 0.0642 e. The molecule has 0 spiro atoms. The Morgan fingerprint density at radius 3 is 2.44 bits per heavy atom. The van der Waals surface area contributed by atoms with Crippen molar-refractivity contribution in [1.29, 1.82) is 0 Å². The summed E-state index contributed by atoms with van der Waals surface area (Å²) in [4.78, 5) is 2.45. The molecular weight excluding hydrogens is 286 g/mol. The van der Waals surface area contributed by atoms with Gasteiger partial charge in [0.25, 0.3) is 0 Å². The van der Waals surface area contributed by atoms with Crippen LogP contribution in [0, 0.1) is 0 Å². The molecule has 1 aliphatic rings. The van der Waals surface area contributed by atoms with Crippen molar-refractivity contribution < 1.29 is 0 Å². The predicted octanol–water partition coefficient (Wildman–Crippen LogP) is 4.62. The number of halogens is 2. The summed E-state index contributed by atoms with van der Waals surface area (Å²) in [6.45, 7) is 2.29. The second-order valence-corrected chi connectivity index (χ2v) is 5.25. The van der Waals surface area contributed by atoms with Gasteiger partial charge in [0.15, 0.2) is 0 Å². The third-order valence-electron chi connectivity index (χ3n) is 3.14. The van der Waals surface area contributed by atoms with Crippen LogP contribution in [-0.4, -0.2) is 13.1 Å². The zero-order chi connectivity index (χ0) is 11.4. The molecule has 0 aliphatic carbocycles. The number of hydrogen-bond acceptors (Lipinski definition) is 1. The van der Waals surface area contributed by atoms with Gasteiger partial charge in [-0.2, -0.15) is 0 Å². The average Bonchev–Trinajstić information content (AvgIpc) is 2.57. The van der Waals surface area contributed by atoms with Gasteiger partial charge in [0.1, 0.15) is 0 Å². The van der Waals surface area contributed by atoms with Crippen molar-refractivity contribution in [1.82, 2.24) is 0 Å². The quantitative estimate of drug-likeness (QED) is 0.721. The minimum Gasteiger partial charge on any atom is -0.370 e. The van der Waals surface area contributed by atoms with Crippen LogP contribution < -0.4 is 4.90 Å². The number of nitrogens with zero attached hydrogens (tertiary/aromatic N) is 1. The molecule has 2 rings (SSSR count). The summed E-state index contributed by atoms with van der Waals surface area (Å²) in [6.07, 6.45) is 5.27. The van der Waals surface area contributed by atoms with Crippen LogP contribution >= 0.6 is 27.5 Å². The van der Waals surface area contributed by atoms with Crippen molar-refractivity contribution in [2.45, 2.75) is 31.0 Å². The van der Waals surface area contributed by atoms with Crippen molar-refractivity contribution in [3.05, 3.63) is 28.8 Å². The Balaban J connectivity index is 2.29. The van der Waals surface area contributed by atoms with Gasteiger partial charge in [0, 0.05) is 18.4 Å². The lowest BCUT2D eigenvalue weighted by Gasteiger charge is -2.26. The van der Waals surface area contributed by atoms with Gasteiger partial charge in [-0.05, 0) is 24.5 Å². The van der Waals surface area contributed by atoms with E-state index in [9.17, 15) is 0 Å². The lowest BCUT2D eigenvalue weighted by molar-refractivity contribution is 0.726. The second-order valence-electron chi connectivity index (χ2n) is 4.28. The normalized spacial score (nSPS) is 17.2. The standard InChI is InChI=1S/C13H17BrClN/c14-10-11-6-5-7-12(15)13(11)16-8-3-1-2-4-9-16/h5-7H,1-4,8-10H2. The molecule has 0 saturated carbocycles. The highest BCUT2D eigenvalue weighted by Crippen LogP contribution is 2.32. The number of anilines is 1. The summed E-state index contributed by atoms with van der Waals surface area (Å²) in [7, 11) is 0. The fraction of sp³-hybridized carbons (Fsp3) is 0.538. The molecule has 0 amide bonds. The van der Waals surface area contributed by atoms with Crippen LogP contribution in [0.1, 0.15) is 31.2 Å². The van der Waals surface area contributed by atoms with Crippen molar-refractivity contribution in [3.8, 4) is 0 Å². The lowest BCUT2D eigenvalue weighted by atomic mass is 10.1. The summed E-state index contributed by atoms with van der Waals surface area (Å²) in [5.74, 6) is 0. The zero-order valence-corrected chi connectivity index (χ0v) is 11.7. The van der Waals surface area contributed by atoms with Crippen molar-refractivity contribution in [2.75, 3.05) is 18.0 Å². The van der Waals surface area contributed by atoms with E-state index in [0.29, 0.717) is 0 Å².